The third-order valence-electron chi connectivity index (χ3n) is 3.47. The Balaban J connectivity index is 2.01. The number of esters is 1. The Labute approximate surface area is 124 Å². The van der Waals surface area contributed by atoms with Gasteiger partial charge in [0.05, 0.1) is 23.7 Å². The molecule has 1 heterocycles. The SMILES string of the molecule is CCOC(=O)c1cc(NCC2CCS(=O)(=O)C2)ccc1N. The highest BCUT2D eigenvalue weighted by Crippen LogP contribution is 2.22. The molecular weight excluding hydrogens is 292 g/mol. The van der Waals surface area contributed by atoms with E-state index in [0.717, 1.165) is 5.69 Å². The fourth-order valence-corrected chi connectivity index (χ4v) is 4.21. The molecule has 0 radical (unpaired) electrons. The van der Waals surface area contributed by atoms with Crippen molar-refractivity contribution in [2.24, 2.45) is 5.92 Å². The van der Waals surface area contributed by atoms with Crippen LogP contribution >= 0.6 is 0 Å². The molecule has 1 fully saturated rings. The van der Waals surface area contributed by atoms with Gasteiger partial charge in [-0.25, -0.2) is 13.2 Å². The normalized spacial score (nSPS) is 20.1. The third kappa shape index (κ3) is 4.10. The Bertz CT molecular complexity index is 628. The van der Waals surface area contributed by atoms with Crippen molar-refractivity contribution in [3.05, 3.63) is 23.8 Å². The van der Waals surface area contributed by atoms with Crippen molar-refractivity contribution in [3.8, 4) is 0 Å². The number of sulfone groups is 1. The zero-order valence-electron chi connectivity index (χ0n) is 12.0. The maximum absolute atomic E-state index is 11.8. The van der Waals surface area contributed by atoms with Gasteiger partial charge in [0, 0.05) is 17.9 Å². The van der Waals surface area contributed by atoms with Gasteiger partial charge in [0.25, 0.3) is 0 Å². The molecule has 1 atom stereocenters. The van der Waals surface area contributed by atoms with E-state index >= 15 is 0 Å². The van der Waals surface area contributed by atoms with Crippen LogP contribution in [0, 0.1) is 5.92 Å². The summed E-state index contributed by atoms with van der Waals surface area (Å²) in [6.07, 6.45) is 0.676. The van der Waals surface area contributed by atoms with E-state index in [2.05, 4.69) is 5.32 Å². The molecule has 0 aliphatic carbocycles. The maximum atomic E-state index is 11.8. The fourth-order valence-electron chi connectivity index (χ4n) is 2.35. The largest absolute Gasteiger partial charge is 0.462 e. The Morgan fingerprint density at radius 2 is 2.24 bits per heavy atom. The first kappa shape index (κ1) is 15.6. The van der Waals surface area contributed by atoms with Gasteiger partial charge in [-0.15, -0.1) is 0 Å². The first-order valence-electron chi connectivity index (χ1n) is 6.92. The minimum Gasteiger partial charge on any atom is -0.462 e. The van der Waals surface area contributed by atoms with Crippen molar-refractivity contribution in [1.82, 2.24) is 0 Å². The van der Waals surface area contributed by atoms with E-state index in [0.29, 0.717) is 24.2 Å². The molecular formula is C14H20N2O4S. The van der Waals surface area contributed by atoms with E-state index in [1.54, 1.807) is 25.1 Å². The second-order valence-corrected chi connectivity index (χ2v) is 7.40. The topological polar surface area (TPSA) is 98.5 Å². The summed E-state index contributed by atoms with van der Waals surface area (Å²) in [6, 6.07) is 5.04. The zero-order chi connectivity index (χ0) is 15.5. The Kier molecular flexibility index (Phi) is 4.72. The lowest BCUT2D eigenvalue weighted by Gasteiger charge is -2.13. The molecule has 1 aromatic rings. The van der Waals surface area contributed by atoms with Crippen molar-refractivity contribution < 1.29 is 17.9 Å². The molecule has 0 bridgehead atoms. The molecule has 2 rings (SSSR count). The lowest BCUT2D eigenvalue weighted by Crippen LogP contribution is -2.16. The second-order valence-electron chi connectivity index (χ2n) is 5.17. The number of anilines is 2. The summed E-state index contributed by atoms with van der Waals surface area (Å²) < 4.78 is 27.8. The summed E-state index contributed by atoms with van der Waals surface area (Å²) in [4.78, 5) is 11.8. The smallest absolute Gasteiger partial charge is 0.340 e. The van der Waals surface area contributed by atoms with Crippen molar-refractivity contribution in [1.29, 1.82) is 0 Å². The minimum atomic E-state index is -2.87. The van der Waals surface area contributed by atoms with Crippen LogP contribution in [0.5, 0.6) is 0 Å². The molecule has 1 aromatic carbocycles. The van der Waals surface area contributed by atoms with Crippen LogP contribution in [0.2, 0.25) is 0 Å². The van der Waals surface area contributed by atoms with Crippen LogP contribution in [0.1, 0.15) is 23.7 Å². The molecule has 1 unspecified atom stereocenters. The summed E-state index contributed by atoms with van der Waals surface area (Å²) in [5, 5.41) is 3.16. The van der Waals surface area contributed by atoms with E-state index in [-0.39, 0.29) is 24.0 Å². The molecule has 116 valence electrons. The molecule has 0 aromatic heterocycles. The third-order valence-corrected chi connectivity index (χ3v) is 5.31. The maximum Gasteiger partial charge on any atom is 0.340 e. The van der Waals surface area contributed by atoms with Crippen molar-refractivity contribution in [2.75, 3.05) is 35.7 Å². The number of carbonyl (C=O) groups is 1. The number of nitrogens with two attached hydrogens (primary N) is 1. The van der Waals surface area contributed by atoms with Crippen LogP contribution in [0.4, 0.5) is 11.4 Å². The average molecular weight is 312 g/mol. The summed E-state index contributed by atoms with van der Waals surface area (Å²) in [5.74, 6) is 0.134. The summed E-state index contributed by atoms with van der Waals surface area (Å²) in [5.41, 5.74) is 7.18. The van der Waals surface area contributed by atoms with Crippen LogP contribution in [-0.4, -0.2) is 39.0 Å². The van der Waals surface area contributed by atoms with Crippen LogP contribution in [0.25, 0.3) is 0 Å². The van der Waals surface area contributed by atoms with Gasteiger partial charge in [-0.3, -0.25) is 0 Å². The predicted octanol–water partition coefficient (Wildman–Crippen LogP) is 1.29. The summed E-state index contributed by atoms with van der Waals surface area (Å²) in [7, 11) is -2.87. The van der Waals surface area contributed by atoms with Crippen LogP contribution in [-0.2, 0) is 14.6 Å². The van der Waals surface area contributed by atoms with Gasteiger partial charge < -0.3 is 15.8 Å². The number of hydrogen-bond donors (Lipinski definition) is 2. The van der Waals surface area contributed by atoms with E-state index < -0.39 is 15.8 Å². The number of carbonyl (C=O) groups excluding carboxylic acids is 1. The first-order chi connectivity index (χ1) is 9.91. The van der Waals surface area contributed by atoms with Crippen molar-refractivity contribution >= 4 is 27.2 Å². The molecule has 7 heteroatoms. The molecule has 0 saturated carbocycles. The van der Waals surface area contributed by atoms with Crippen LogP contribution < -0.4 is 11.1 Å². The Hall–Kier alpha value is -1.76. The van der Waals surface area contributed by atoms with Gasteiger partial charge in [0.15, 0.2) is 9.84 Å². The highest BCUT2D eigenvalue weighted by atomic mass is 32.2. The molecule has 0 amide bonds. The predicted molar refractivity (Wildman–Crippen MR) is 82.1 cm³/mol. The number of rotatable bonds is 5. The van der Waals surface area contributed by atoms with Gasteiger partial charge in [-0.2, -0.15) is 0 Å². The molecule has 1 aliphatic heterocycles. The summed E-state index contributed by atoms with van der Waals surface area (Å²) >= 11 is 0. The molecule has 0 spiro atoms. The van der Waals surface area contributed by atoms with E-state index in [4.69, 9.17) is 10.5 Å². The summed E-state index contributed by atoms with van der Waals surface area (Å²) in [6.45, 7) is 2.58. The lowest BCUT2D eigenvalue weighted by molar-refractivity contribution is 0.0527. The zero-order valence-corrected chi connectivity index (χ0v) is 12.8. The Morgan fingerprint density at radius 3 is 2.86 bits per heavy atom. The molecule has 21 heavy (non-hydrogen) atoms. The minimum absolute atomic E-state index is 0.110. The van der Waals surface area contributed by atoms with Gasteiger partial charge >= 0.3 is 5.97 Å². The highest BCUT2D eigenvalue weighted by Gasteiger charge is 2.27. The average Bonchev–Trinajstić information content (AvgIpc) is 2.77. The van der Waals surface area contributed by atoms with Gasteiger partial charge in [-0.1, -0.05) is 0 Å². The van der Waals surface area contributed by atoms with Gasteiger partial charge in [0.1, 0.15) is 0 Å². The second kappa shape index (κ2) is 6.34. The van der Waals surface area contributed by atoms with Gasteiger partial charge in [0.2, 0.25) is 0 Å². The molecule has 1 saturated heterocycles. The Morgan fingerprint density at radius 1 is 1.48 bits per heavy atom. The standard InChI is InChI=1S/C14H20N2O4S/c1-2-20-14(17)12-7-11(3-4-13(12)15)16-8-10-5-6-21(18,19)9-10/h3-4,7,10,16H,2,5-6,8-9,15H2,1H3. The van der Waals surface area contributed by atoms with Crippen molar-refractivity contribution in [3.63, 3.8) is 0 Å². The van der Waals surface area contributed by atoms with Gasteiger partial charge in [-0.05, 0) is 37.5 Å². The monoisotopic (exact) mass is 312 g/mol. The molecule has 1 aliphatic rings. The van der Waals surface area contributed by atoms with Crippen molar-refractivity contribution in [2.45, 2.75) is 13.3 Å². The molecule has 3 N–H and O–H groups in total. The quantitative estimate of drug-likeness (QED) is 0.628. The highest BCUT2D eigenvalue weighted by molar-refractivity contribution is 7.91. The molecule has 6 nitrogen and oxygen atoms in total. The van der Waals surface area contributed by atoms with E-state index in [1.165, 1.54) is 0 Å². The fraction of sp³-hybridized carbons (Fsp3) is 0.500. The number of nitrogen functional groups attached to an aromatic ring is 1. The number of hydrogen-bond acceptors (Lipinski definition) is 6. The number of ether oxygens (including phenoxy) is 1. The number of benzene rings is 1. The van der Waals surface area contributed by atoms with Crippen LogP contribution in [0.15, 0.2) is 18.2 Å². The lowest BCUT2D eigenvalue weighted by atomic mass is 10.1. The first-order valence-corrected chi connectivity index (χ1v) is 8.74. The van der Waals surface area contributed by atoms with E-state index in [1.807, 2.05) is 0 Å². The van der Waals surface area contributed by atoms with Crippen LogP contribution in [0.3, 0.4) is 0 Å². The van der Waals surface area contributed by atoms with E-state index in [9.17, 15) is 13.2 Å². The number of nitrogens with one attached hydrogen (secondary N) is 1.